The van der Waals surface area contributed by atoms with E-state index in [0.717, 1.165) is 17.7 Å². The number of carbonyl (C=O) groups is 2. The van der Waals surface area contributed by atoms with E-state index in [1.165, 1.54) is 4.90 Å². The zero-order valence-electron chi connectivity index (χ0n) is 15.4. The van der Waals surface area contributed by atoms with Crippen molar-refractivity contribution in [2.24, 2.45) is 0 Å². The molecule has 0 spiro atoms. The van der Waals surface area contributed by atoms with Crippen LogP contribution in [0.4, 0.5) is 18.9 Å². The van der Waals surface area contributed by atoms with Crippen LogP contribution >= 0.6 is 11.6 Å². The molecular formula is C19H20ClF3N3O2+. The Bertz CT molecular complexity index is 862. The Balaban J connectivity index is 1.85. The van der Waals surface area contributed by atoms with Gasteiger partial charge in [0.15, 0.2) is 30.5 Å². The van der Waals surface area contributed by atoms with Gasteiger partial charge >= 0.3 is 0 Å². The van der Waals surface area contributed by atoms with Gasteiger partial charge in [-0.1, -0.05) is 23.7 Å². The average molecular weight is 415 g/mol. The third-order valence-electron chi connectivity index (χ3n) is 3.98. The zero-order valence-corrected chi connectivity index (χ0v) is 16.1. The molecule has 1 unspecified atom stereocenters. The van der Waals surface area contributed by atoms with E-state index in [2.05, 4.69) is 5.32 Å². The molecule has 0 heterocycles. The topological polar surface area (TPSA) is 53.9 Å². The Labute approximate surface area is 165 Å². The van der Waals surface area contributed by atoms with E-state index in [1.807, 2.05) is 12.1 Å². The molecule has 1 atom stereocenters. The van der Waals surface area contributed by atoms with Gasteiger partial charge in [-0.15, -0.1) is 0 Å². The maximum atomic E-state index is 13.6. The fraction of sp³-hybridized carbons (Fsp3) is 0.263. The lowest BCUT2D eigenvalue weighted by Gasteiger charge is -2.20. The van der Waals surface area contributed by atoms with E-state index >= 15 is 0 Å². The lowest BCUT2D eigenvalue weighted by molar-refractivity contribution is -0.862. The van der Waals surface area contributed by atoms with E-state index < -0.39 is 29.0 Å². The van der Waals surface area contributed by atoms with Crippen LogP contribution in [-0.2, 0) is 16.1 Å². The molecule has 0 radical (unpaired) electrons. The molecule has 9 heteroatoms. The van der Waals surface area contributed by atoms with E-state index in [9.17, 15) is 22.8 Å². The van der Waals surface area contributed by atoms with Crippen LogP contribution in [0.3, 0.4) is 0 Å². The summed E-state index contributed by atoms with van der Waals surface area (Å²) in [5.74, 6) is -5.29. The first-order valence-electron chi connectivity index (χ1n) is 8.40. The van der Waals surface area contributed by atoms with Crippen molar-refractivity contribution >= 4 is 29.1 Å². The molecule has 0 aromatic heterocycles. The molecule has 2 rings (SSSR count). The Morgan fingerprint density at radius 1 is 1.04 bits per heavy atom. The lowest BCUT2D eigenvalue weighted by atomic mass is 10.2. The highest BCUT2D eigenvalue weighted by Crippen LogP contribution is 2.19. The number of rotatable bonds is 7. The minimum absolute atomic E-state index is 0.0256. The maximum Gasteiger partial charge on any atom is 0.279 e. The highest BCUT2D eigenvalue weighted by molar-refractivity contribution is 6.30. The summed E-state index contributed by atoms with van der Waals surface area (Å²) in [5, 5.41) is 2.78. The van der Waals surface area contributed by atoms with Crippen LogP contribution in [0.1, 0.15) is 5.56 Å². The quantitative estimate of drug-likeness (QED) is 0.680. The van der Waals surface area contributed by atoms with Gasteiger partial charge in [-0.3, -0.25) is 9.59 Å². The number of hydrogen-bond donors (Lipinski definition) is 2. The van der Waals surface area contributed by atoms with Crippen molar-refractivity contribution in [2.45, 2.75) is 6.54 Å². The second kappa shape index (κ2) is 9.57. The van der Waals surface area contributed by atoms with Gasteiger partial charge in [0, 0.05) is 18.6 Å². The van der Waals surface area contributed by atoms with Crippen molar-refractivity contribution < 1.29 is 27.7 Å². The Morgan fingerprint density at radius 2 is 1.68 bits per heavy atom. The standard InChI is InChI=1S/C19H19ClF3N3O2/c1-25(10-16(27)24-15-8-7-14(21)18(22)19(15)23)11-17(28)26(2)9-12-3-5-13(20)6-4-12/h3-8H,9-11H2,1-2H3,(H,24,27)/p+1. The maximum absolute atomic E-state index is 13.6. The molecule has 2 aromatic carbocycles. The fourth-order valence-corrected chi connectivity index (χ4v) is 2.62. The van der Waals surface area contributed by atoms with Crippen LogP contribution in [0.25, 0.3) is 0 Å². The summed E-state index contributed by atoms with van der Waals surface area (Å²) in [4.78, 5) is 26.4. The summed E-state index contributed by atoms with van der Waals surface area (Å²) >= 11 is 5.83. The summed E-state index contributed by atoms with van der Waals surface area (Å²) < 4.78 is 39.7. The monoisotopic (exact) mass is 414 g/mol. The van der Waals surface area contributed by atoms with Crippen LogP contribution in [-0.4, -0.2) is 43.9 Å². The van der Waals surface area contributed by atoms with Crippen LogP contribution in [0.15, 0.2) is 36.4 Å². The molecule has 5 nitrogen and oxygen atoms in total. The molecule has 150 valence electrons. The number of nitrogens with one attached hydrogen (secondary N) is 2. The summed E-state index contributed by atoms with van der Waals surface area (Å²) in [6.07, 6.45) is 0. The second-order valence-electron chi connectivity index (χ2n) is 6.46. The van der Waals surface area contributed by atoms with Gasteiger partial charge in [-0.05, 0) is 29.8 Å². The van der Waals surface area contributed by atoms with Crippen molar-refractivity contribution in [2.75, 3.05) is 32.5 Å². The number of anilines is 1. The molecule has 2 amide bonds. The van der Waals surface area contributed by atoms with E-state index in [1.54, 1.807) is 26.2 Å². The minimum atomic E-state index is -1.66. The number of halogens is 4. The molecule has 28 heavy (non-hydrogen) atoms. The smallest absolute Gasteiger partial charge is 0.279 e. The number of hydrogen-bond acceptors (Lipinski definition) is 2. The summed E-state index contributed by atoms with van der Waals surface area (Å²) in [6, 6.07) is 8.74. The van der Waals surface area contributed by atoms with Crippen molar-refractivity contribution in [3.05, 3.63) is 64.4 Å². The number of benzene rings is 2. The van der Waals surface area contributed by atoms with Crippen LogP contribution in [0, 0.1) is 17.5 Å². The largest absolute Gasteiger partial charge is 0.337 e. The molecule has 0 fully saturated rings. The number of quaternary nitrogens is 1. The highest BCUT2D eigenvalue weighted by Gasteiger charge is 2.20. The Morgan fingerprint density at radius 3 is 2.32 bits per heavy atom. The van der Waals surface area contributed by atoms with Crippen molar-refractivity contribution in [3.8, 4) is 0 Å². The van der Waals surface area contributed by atoms with Gasteiger partial charge in [0.05, 0.1) is 12.7 Å². The summed E-state index contributed by atoms with van der Waals surface area (Å²) in [5.41, 5.74) is 0.451. The zero-order chi connectivity index (χ0) is 20.8. The molecule has 0 aliphatic carbocycles. The molecule has 0 saturated carbocycles. The predicted molar refractivity (Wildman–Crippen MR) is 99.5 cm³/mol. The Hall–Kier alpha value is -2.58. The second-order valence-corrected chi connectivity index (χ2v) is 6.89. The molecule has 0 aliphatic heterocycles. The van der Waals surface area contributed by atoms with Gasteiger partial charge in [0.25, 0.3) is 11.8 Å². The van der Waals surface area contributed by atoms with Crippen LogP contribution < -0.4 is 10.2 Å². The molecule has 0 aliphatic rings. The van der Waals surface area contributed by atoms with Gasteiger partial charge in [0.2, 0.25) is 0 Å². The highest BCUT2D eigenvalue weighted by atomic mass is 35.5. The van der Waals surface area contributed by atoms with Crippen molar-refractivity contribution in [1.29, 1.82) is 0 Å². The van der Waals surface area contributed by atoms with Gasteiger partial charge < -0.3 is 15.1 Å². The van der Waals surface area contributed by atoms with Crippen molar-refractivity contribution in [1.82, 2.24) is 4.90 Å². The summed E-state index contributed by atoms with van der Waals surface area (Å²) in [6.45, 7) is 0.256. The number of likely N-dealkylation sites (N-methyl/N-ethyl adjacent to an activating group) is 2. The van der Waals surface area contributed by atoms with E-state index in [4.69, 9.17) is 11.6 Å². The van der Waals surface area contributed by atoms with Gasteiger partial charge in [-0.25, -0.2) is 13.2 Å². The number of carbonyl (C=O) groups excluding carboxylic acids is 2. The van der Waals surface area contributed by atoms with Crippen LogP contribution in [0.2, 0.25) is 5.02 Å². The number of nitrogens with zero attached hydrogens (tertiary/aromatic N) is 1. The van der Waals surface area contributed by atoms with Gasteiger partial charge in [0.1, 0.15) is 0 Å². The minimum Gasteiger partial charge on any atom is -0.337 e. The summed E-state index contributed by atoms with van der Waals surface area (Å²) in [7, 11) is 3.26. The van der Waals surface area contributed by atoms with E-state index in [-0.39, 0.29) is 19.0 Å². The predicted octanol–water partition coefficient (Wildman–Crippen LogP) is 1.87. The Kier molecular flexibility index (Phi) is 7.42. The molecule has 2 N–H and O–H groups in total. The third-order valence-corrected chi connectivity index (χ3v) is 4.24. The average Bonchev–Trinajstić information content (AvgIpc) is 2.63. The third kappa shape index (κ3) is 5.97. The van der Waals surface area contributed by atoms with Gasteiger partial charge in [-0.2, -0.15) is 0 Å². The lowest BCUT2D eigenvalue weighted by Crippen LogP contribution is -3.11. The van der Waals surface area contributed by atoms with Crippen molar-refractivity contribution in [3.63, 3.8) is 0 Å². The molecule has 2 aromatic rings. The number of amides is 2. The normalized spacial score (nSPS) is 11.8. The first kappa shape index (κ1) is 21.7. The fourth-order valence-electron chi connectivity index (χ4n) is 2.50. The first-order valence-corrected chi connectivity index (χ1v) is 8.78. The molecular weight excluding hydrogens is 395 g/mol. The van der Waals surface area contributed by atoms with E-state index in [0.29, 0.717) is 16.5 Å². The molecule has 0 bridgehead atoms. The van der Waals surface area contributed by atoms with Crippen LogP contribution in [0.5, 0.6) is 0 Å². The SMILES string of the molecule is CN(Cc1ccc(Cl)cc1)C(=O)C[NH+](C)CC(=O)Nc1ccc(F)c(F)c1F. The molecule has 0 saturated heterocycles. The first-order chi connectivity index (χ1) is 13.2.